The summed E-state index contributed by atoms with van der Waals surface area (Å²) in [6, 6.07) is 4.37. The topological polar surface area (TPSA) is 74.7 Å². The van der Waals surface area contributed by atoms with Crippen molar-refractivity contribution < 1.29 is 14.6 Å². The van der Waals surface area contributed by atoms with E-state index in [0.717, 1.165) is 63.4 Å². The van der Waals surface area contributed by atoms with Crippen LogP contribution in [0.25, 0.3) is 0 Å². The SMILES string of the molecule is COC(C)CN(CCCCc1ccc2c(n1)NCCC2)CCCC(=O)O. The minimum Gasteiger partial charge on any atom is -0.481 e. The Hall–Kier alpha value is -1.66. The second-order valence-electron chi connectivity index (χ2n) is 7.14. The zero-order chi connectivity index (χ0) is 18.8. The molecule has 1 unspecified atom stereocenters. The van der Waals surface area contributed by atoms with Crippen molar-refractivity contribution in [1.29, 1.82) is 0 Å². The molecule has 1 aromatic rings. The van der Waals surface area contributed by atoms with Gasteiger partial charge in [0.1, 0.15) is 5.82 Å². The van der Waals surface area contributed by atoms with E-state index in [4.69, 9.17) is 14.8 Å². The van der Waals surface area contributed by atoms with Crippen molar-refractivity contribution >= 4 is 11.8 Å². The van der Waals surface area contributed by atoms with Gasteiger partial charge in [-0.25, -0.2) is 4.98 Å². The first-order chi connectivity index (χ1) is 12.6. The van der Waals surface area contributed by atoms with Crippen LogP contribution >= 0.6 is 0 Å². The number of ether oxygens (including phenoxy) is 1. The number of hydrogen-bond acceptors (Lipinski definition) is 5. The highest BCUT2D eigenvalue weighted by Crippen LogP contribution is 2.20. The highest BCUT2D eigenvalue weighted by atomic mass is 16.5. The van der Waals surface area contributed by atoms with Crippen LogP contribution in [-0.4, -0.2) is 60.4 Å². The fraction of sp³-hybridized carbons (Fsp3) is 0.700. The van der Waals surface area contributed by atoms with Gasteiger partial charge < -0.3 is 20.1 Å². The summed E-state index contributed by atoms with van der Waals surface area (Å²) in [6.45, 7) is 5.69. The van der Waals surface area contributed by atoms with Crippen LogP contribution in [0.3, 0.4) is 0 Å². The molecule has 0 bridgehead atoms. The maximum atomic E-state index is 10.7. The van der Waals surface area contributed by atoms with Crippen LogP contribution in [0.1, 0.15) is 50.3 Å². The molecule has 0 saturated carbocycles. The summed E-state index contributed by atoms with van der Waals surface area (Å²) in [5.74, 6) is 0.342. The van der Waals surface area contributed by atoms with Crippen LogP contribution in [0, 0.1) is 0 Å². The lowest BCUT2D eigenvalue weighted by atomic mass is 10.1. The maximum Gasteiger partial charge on any atom is 0.303 e. The lowest BCUT2D eigenvalue weighted by Crippen LogP contribution is -2.34. The van der Waals surface area contributed by atoms with Gasteiger partial charge in [0, 0.05) is 32.3 Å². The zero-order valence-electron chi connectivity index (χ0n) is 16.2. The lowest BCUT2D eigenvalue weighted by Gasteiger charge is -2.25. The molecule has 0 aliphatic carbocycles. The van der Waals surface area contributed by atoms with E-state index in [2.05, 4.69) is 22.3 Å². The zero-order valence-corrected chi connectivity index (χ0v) is 16.2. The molecule has 146 valence electrons. The number of nitrogens with one attached hydrogen (secondary N) is 1. The van der Waals surface area contributed by atoms with E-state index in [1.54, 1.807) is 7.11 Å². The third-order valence-corrected chi connectivity index (χ3v) is 4.89. The van der Waals surface area contributed by atoms with Crippen LogP contribution in [-0.2, 0) is 22.4 Å². The fourth-order valence-electron chi connectivity index (χ4n) is 3.34. The molecule has 0 fully saturated rings. The Kier molecular flexibility index (Phi) is 8.85. The fourth-order valence-corrected chi connectivity index (χ4v) is 3.34. The number of carboxylic acids is 1. The first kappa shape index (κ1) is 20.6. The highest BCUT2D eigenvalue weighted by molar-refractivity contribution is 5.66. The normalized spacial score (nSPS) is 14.7. The van der Waals surface area contributed by atoms with E-state index >= 15 is 0 Å². The molecule has 1 aliphatic heterocycles. The smallest absolute Gasteiger partial charge is 0.303 e. The van der Waals surface area contributed by atoms with E-state index in [-0.39, 0.29) is 12.5 Å². The van der Waals surface area contributed by atoms with Crippen molar-refractivity contribution in [2.24, 2.45) is 0 Å². The Labute approximate surface area is 156 Å². The van der Waals surface area contributed by atoms with E-state index in [0.29, 0.717) is 6.42 Å². The van der Waals surface area contributed by atoms with Gasteiger partial charge >= 0.3 is 5.97 Å². The molecule has 6 heteroatoms. The first-order valence-corrected chi connectivity index (χ1v) is 9.78. The van der Waals surface area contributed by atoms with Gasteiger partial charge in [-0.05, 0) is 70.2 Å². The van der Waals surface area contributed by atoms with Gasteiger partial charge in [-0.1, -0.05) is 6.07 Å². The summed E-state index contributed by atoms with van der Waals surface area (Å²) in [4.78, 5) is 17.8. The number of aryl methyl sites for hydroxylation is 2. The number of nitrogens with zero attached hydrogens (tertiary/aromatic N) is 2. The Morgan fingerprint density at radius 1 is 1.35 bits per heavy atom. The third kappa shape index (κ3) is 7.30. The molecule has 6 nitrogen and oxygen atoms in total. The minimum atomic E-state index is -0.725. The summed E-state index contributed by atoms with van der Waals surface area (Å²) in [5, 5.41) is 12.2. The summed E-state index contributed by atoms with van der Waals surface area (Å²) in [5.41, 5.74) is 2.49. The highest BCUT2D eigenvalue weighted by Gasteiger charge is 2.12. The third-order valence-electron chi connectivity index (χ3n) is 4.89. The Morgan fingerprint density at radius 2 is 2.15 bits per heavy atom. The molecular weight excluding hydrogens is 330 g/mol. The van der Waals surface area contributed by atoms with Crippen molar-refractivity contribution in [3.05, 3.63) is 23.4 Å². The van der Waals surface area contributed by atoms with Crippen LogP contribution < -0.4 is 5.32 Å². The minimum absolute atomic E-state index is 0.160. The van der Waals surface area contributed by atoms with Gasteiger partial charge in [0.25, 0.3) is 0 Å². The molecule has 0 aromatic carbocycles. The number of unbranched alkanes of at least 4 members (excludes halogenated alkanes) is 1. The molecule has 1 aliphatic rings. The molecular formula is C20H33N3O3. The van der Waals surface area contributed by atoms with Crippen molar-refractivity contribution in [2.45, 2.75) is 58.0 Å². The van der Waals surface area contributed by atoms with Crippen molar-refractivity contribution in [1.82, 2.24) is 9.88 Å². The molecule has 1 atom stereocenters. The largest absolute Gasteiger partial charge is 0.481 e. The quantitative estimate of drug-likeness (QED) is 0.556. The summed E-state index contributed by atoms with van der Waals surface area (Å²) >= 11 is 0. The number of fused-ring (bicyclic) bond motifs is 1. The number of methoxy groups -OCH3 is 1. The molecule has 0 saturated heterocycles. The average molecular weight is 364 g/mol. The Morgan fingerprint density at radius 3 is 2.92 bits per heavy atom. The predicted molar refractivity (Wildman–Crippen MR) is 104 cm³/mol. The number of aromatic nitrogens is 1. The second-order valence-corrected chi connectivity index (χ2v) is 7.14. The van der Waals surface area contributed by atoms with E-state index in [1.807, 2.05) is 6.92 Å². The van der Waals surface area contributed by atoms with Crippen LogP contribution in [0.4, 0.5) is 5.82 Å². The van der Waals surface area contributed by atoms with Crippen molar-refractivity contribution in [2.75, 3.05) is 38.6 Å². The molecule has 0 spiro atoms. The molecule has 26 heavy (non-hydrogen) atoms. The molecule has 0 radical (unpaired) electrons. The average Bonchev–Trinajstić information content (AvgIpc) is 2.64. The van der Waals surface area contributed by atoms with Crippen molar-refractivity contribution in [3.8, 4) is 0 Å². The van der Waals surface area contributed by atoms with E-state index in [1.165, 1.54) is 12.0 Å². The van der Waals surface area contributed by atoms with Crippen LogP contribution in [0.2, 0.25) is 0 Å². The lowest BCUT2D eigenvalue weighted by molar-refractivity contribution is -0.137. The van der Waals surface area contributed by atoms with Gasteiger partial charge in [0.05, 0.1) is 6.10 Å². The predicted octanol–water partition coefficient (Wildman–Crippen LogP) is 2.96. The van der Waals surface area contributed by atoms with Crippen LogP contribution in [0.5, 0.6) is 0 Å². The van der Waals surface area contributed by atoms with Gasteiger partial charge in [0.15, 0.2) is 0 Å². The molecule has 2 heterocycles. The number of rotatable bonds is 12. The van der Waals surface area contributed by atoms with Gasteiger partial charge in [-0.3, -0.25) is 4.79 Å². The number of hydrogen-bond donors (Lipinski definition) is 2. The summed E-state index contributed by atoms with van der Waals surface area (Å²) < 4.78 is 5.36. The molecule has 2 rings (SSSR count). The number of anilines is 1. The number of aliphatic carboxylic acids is 1. The Bertz CT molecular complexity index is 565. The number of pyridine rings is 1. The Balaban J connectivity index is 1.74. The van der Waals surface area contributed by atoms with Gasteiger partial charge in [-0.15, -0.1) is 0 Å². The standard InChI is InChI=1S/C20H33N3O3/c1-16(26-2)15-23(14-6-9-19(24)25)13-4-3-8-18-11-10-17-7-5-12-21-20(17)22-18/h10-11,16H,3-9,12-15H2,1-2H3,(H,21,22)(H,24,25). The monoisotopic (exact) mass is 363 g/mol. The van der Waals surface area contributed by atoms with Gasteiger partial charge in [0.2, 0.25) is 0 Å². The summed E-state index contributed by atoms with van der Waals surface area (Å²) in [6.07, 6.45) is 6.53. The first-order valence-electron chi connectivity index (χ1n) is 9.78. The maximum absolute atomic E-state index is 10.7. The molecule has 1 aromatic heterocycles. The molecule has 2 N–H and O–H groups in total. The second kappa shape index (κ2) is 11.1. The van der Waals surface area contributed by atoms with Crippen molar-refractivity contribution in [3.63, 3.8) is 0 Å². The summed E-state index contributed by atoms with van der Waals surface area (Å²) in [7, 11) is 1.72. The number of carbonyl (C=O) groups is 1. The number of carboxylic acid groups (broad SMARTS) is 1. The van der Waals surface area contributed by atoms with E-state index < -0.39 is 5.97 Å². The molecule has 0 amide bonds. The van der Waals surface area contributed by atoms with Crippen LogP contribution in [0.15, 0.2) is 12.1 Å². The van der Waals surface area contributed by atoms with Gasteiger partial charge in [-0.2, -0.15) is 0 Å². The van der Waals surface area contributed by atoms with E-state index in [9.17, 15) is 4.79 Å².